The summed E-state index contributed by atoms with van der Waals surface area (Å²) >= 11 is 3.63. The lowest BCUT2D eigenvalue weighted by Crippen LogP contribution is -2.47. The molecule has 2 aliphatic carbocycles. The van der Waals surface area contributed by atoms with E-state index in [1.165, 1.54) is 12.1 Å². The van der Waals surface area contributed by atoms with Gasteiger partial charge in [0.2, 0.25) is 0 Å². The molecule has 29 heavy (non-hydrogen) atoms. The van der Waals surface area contributed by atoms with Crippen LogP contribution in [-0.4, -0.2) is 32.9 Å². The molecule has 0 radical (unpaired) electrons. The Morgan fingerprint density at radius 3 is 2.52 bits per heavy atom. The Labute approximate surface area is 176 Å². The third-order valence-corrected chi connectivity index (χ3v) is 8.46. The van der Waals surface area contributed by atoms with Gasteiger partial charge in [-0.3, -0.25) is 0 Å². The smallest absolute Gasteiger partial charge is 0.376 e. The molecular formula is C19H22BrF3O5S. The van der Waals surface area contributed by atoms with Gasteiger partial charge in [-0.1, -0.05) is 28.9 Å². The lowest BCUT2D eigenvalue weighted by atomic mass is 9.61. The third-order valence-electron chi connectivity index (χ3n) is 6.53. The molecule has 0 N–H and O–H groups in total. The summed E-state index contributed by atoms with van der Waals surface area (Å²) in [6.45, 7) is 3.35. The molecule has 1 aromatic carbocycles. The highest BCUT2D eigenvalue weighted by atomic mass is 79.9. The number of hydrogen-bond acceptors (Lipinski definition) is 5. The molecule has 1 aliphatic heterocycles. The first kappa shape index (κ1) is 21.4. The van der Waals surface area contributed by atoms with Crippen LogP contribution in [0.1, 0.15) is 55.0 Å². The number of halogens is 4. The highest BCUT2D eigenvalue weighted by Gasteiger charge is 2.52. The number of fused-ring (bicyclic) bond motifs is 3. The van der Waals surface area contributed by atoms with E-state index >= 15 is 0 Å². The van der Waals surface area contributed by atoms with Crippen molar-refractivity contribution in [3.05, 3.63) is 29.3 Å². The molecule has 1 aromatic rings. The van der Waals surface area contributed by atoms with Gasteiger partial charge in [0.25, 0.3) is 0 Å². The van der Waals surface area contributed by atoms with E-state index in [9.17, 15) is 21.6 Å². The van der Waals surface area contributed by atoms with Crippen LogP contribution in [0.25, 0.3) is 0 Å². The summed E-state index contributed by atoms with van der Waals surface area (Å²) in [5.74, 6) is -0.580. The minimum atomic E-state index is -5.71. The molecule has 2 fully saturated rings. The Balaban J connectivity index is 1.68. The number of rotatable bonds is 2. The predicted octanol–water partition coefficient (Wildman–Crippen LogP) is 4.95. The van der Waals surface area contributed by atoms with Crippen LogP contribution in [0, 0.1) is 5.92 Å². The Hall–Kier alpha value is -0.840. The van der Waals surface area contributed by atoms with E-state index in [-0.39, 0.29) is 21.9 Å². The first-order chi connectivity index (χ1) is 13.5. The predicted molar refractivity (Wildman–Crippen MR) is 102 cm³/mol. The minimum absolute atomic E-state index is 0.113. The summed E-state index contributed by atoms with van der Waals surface area (Å²) in [5.41, 5.74) is -3.90. The fraction of sp³-hybridized carbons (Fsp3) is 0.684. The Bertz CT molecular complexity index is 898. The van der Waals surface area contributed by atoms with Crippen LogP contribution < -0.4 is 4.18 Å². The maximum absolute atomic E-state index is 12.7. The zero-order valence-electron chi connectivity index (χ0n) is 15.8. The summed E-state index contributed by atoms with van der Waals surface area (Å²) < 4.78 is 77.0. The molecule has 1 heterocycles. The standard InChI is InChI=1S/C19H22BrF3O5S/c1-17-6-7-18(26-8-9-27-18)11-12(17)2-5-16(20)14-10-13(3-4-15(14)17)28-29(24,25)19(21,22)23/h3-4,10,12,16H,2,5-9,11H2,1H3. The highest BCUT2D eigenvalue weighted by Crippen LogP contribution is 2.56. The molecule has 0 bridgehead atoms. The Morgan fingerprint density at radius 1 is 1.17 bits per heavy atom. The molecule has 3 atom stereocenters. The van der Waals surface area contributed by atoms with E-state index < -0.39 is 21.4 Å². The normalized spacial score (nSPS) is 31.8. The van der Waals surface area contributed by atoms with Crippen LogP contribution in [0.5, 0.6) is 5.75 Å². The lowest BCUT2D eigenvalue weighted by molar-refractivity contribution is -0.198. The molecule has 1 spiro atoms. The summed E-state index contributed by atoms with van der Waals surface area (Å²) in [7, 11) is -5.71. The van der Waals surface area contributed by atoms with Crippen molar-refractivity contribution < 1.29 is 35.2 Å². The maximum Gasteiger partial charge on any atom is 0.534 e. The third kappa shape index (κ3) is 3.70. The topological polar surface area (TPSA) is 61.8 Å². The summed E-state index contributed by atoms with van der Waals surface area (Å²) in [6.07, 6.45) is 3.98. The summed E-state index contributed by atoms with van der Waals surface area (Å²) in [5, 5.41) is 0. The van der Waals surface area contributed by atoms with E-state index in [1.807, 2.05) is 0 Å². The molecule has 3 aliphatic rings. The molecule has 3 unspecified atom stereocenters. The first-order valence-corrected chi connectivity index (χ1v) is 11.9. The molecule has 0 amide bonds. The van der Waals surface area contributed by atoms with Gasteiger partial charge in [-0.05, 0) is 53.9 Å². The number of benzene rings is 1. The van der Waals surface area contributed by atoms with Crippen LogP contribution in [-0.2, 0) is 25.0 Å². The average molecular weight is 499 g/mol. The second-order valence-electron chi connectivity index (χ2n) is 8.20. The van der Waals surface area contributed by atoms with Crippen molar-refractivity contribution in [3.8, 4) is 5.75 Å². The van der Waals surface area contributed by atoms with Crippen molar-refractivity contribution in [2.24, 2.45) is 5.92 Å². The van der Waals surface area contributed by atoms with Crippen molar-refractivity contribution in [1.29, 1.82) is 0 Å². The van der Waals surface area contributed by atoms with Crippen LogP contribution in [0.15, 0.2) is 18.2 Å². The van der Waals surface area contributed by atoms with Gasteiger partial charge in [-0.15, -0.1) is 0 Å². The van der Waals surface area contributed by atoms with E-state index in [1.54, 1.807) is 6.07 Å². The van der Waals surface area contributed by atoms with E-state index in [0.29, 0.717) is 13.2 Å². The van der Waals surface area contributed by atoms with Gasteiger partial charge in [0.05, 0.1) is 13.2 Å². The second-order valence-corrected chi connectivity index (χ2v) is 10.8. The molecule has 162 valence electrons. The number of hydrogen-bond donors (Lipinski definition) is 0. The molecule has 1 saturated carbocycles. The van der Waals surface area contributed by atoms with Crippen LogP contribution in [0.3, 0.4) is 0 Å². The lowest BCUT2D eigenvalue weighted by Gasteiger charge is -2.48. The van der Waals surface area contributed by atoms with Crippen molar-refractivity contribution in [2.45, 2.75) is 60.6 Å². The van der Waals surface area contributed by atoms with Crippen LogP contribution >= 0.6 is 15.9 Å². The zero-order valence-corrected chi connectivity index (χ0v) is 18.2. The van der Waals surface area contributed by atoms with Gasteiger partial charge < -0.3 is 13.7 Å². The molecule has 5 nitrogen and oxygen atoms in total. The minimum Gasteiger partial charge on any atom is -0.376 e. The molecule has 0 aromatic heterocycles. The van der Waals surface area contributed by atoms with Crippen LogP contribution in [0.4, 0.5) is 13.2 Å². The van der Waals surface area contributed by atoms with Gasteiger partial charge in [0.1, 0.15) is 5.75 Å². The van der Waals surface area contributed by atoms with E-state index in [0.717, 1.165) is 43.2 Å². The Kier molecular flexibility index (Phi) is 5.24. The Morgan fingerprint density at radius 2 is 1.86 bits per heavy atom. The largest absolute Gasteiger partial charge is 0.534 e. The number of alkyl halides is 4. The first-order valence-electron chi connectivity index (χ1n) is 9.53. The van der Waals surface area contributed by atoms with Gasteiger partial charge in [-0.2, -0.15) is 21.6 Å². The van der Waals surface area contributed by atoms with Gasteiger partial charge in [-0.25, -0.2) is 0 Å². The molecule has 1 saturated heterocycles. The van der Waals surface area contributed by atoms with Crippen molar-refractivity contribution >= 4 is 26.0 Å². The summed E-state index contributed by atoms with van der Waals surface area (Å²) in [6, 6.07) is 4.43. The van der Waals surface area contributed by atoms with Crippen molar-refractivity contribution in [2.75, 3.05) is 13.2 Å². The quantitative estimate of drug-likeness (QED) is 0.328. The van der Waals surface area contributed by atoms with Crippen molar-refractivity contribution in [1.82, 2.24) is 0 Å². The monoisotopic (exact) mass is 498 g/mol. The summed E-state index contributed by atoms with van der Waals surface area (Å²) in [4.78, 5) is -0.113. The van der Waals surface area contributed by atoms with E-state index in [2.05, 4.69) is 27.0 Å². The van der Waals surface area contributed by atoms with Crippen molar-refractivity contribution in [3.63, 3.8) is 0 Å². The molecular weight excluding hydrogens is 477 g/mol. The highest BCUT2D eigenvalue weighted by molar-refractivity contribution is 9.09. The second kappa shape index (κ2) is 7.10. The van der Waals surface area contributed by atoms with Crippen LogP contribution in [0.2, 0.25) is 0 Å². The molecule has 10 heteroatoms. The van der Waals surface area contributed by atoms with Gasteiger partial charge >= 0.3 is 15.6 Å². The fourth-order valence-corrected chi connectivity index (χ4v) is 6.03. The SMILES string of the molecule is CC12CCC3(CC1CCC(Br)c1cc(OS(=O)(=O)C(F)(F)F)ccc12)OCCO3. The number of ether oxygens (including phenoxy) is 2. The fourth-order valence-electron chi connectivity index (χ4n) is 4.94. The maximum atomic E-state index is 12.7. The van der Waals surface area contributed by atoms with Gasteiger partial charge in [0.15, 0.2) is 5.79 Å². The van der Waals surface area contributed by atoms with Gasteiger partial charge in [0, 0.05) is 17.7 Å². The average Bonchev–Trinajstić information content (AvgIpc) is 3.05. The van der Waals surface area contributed by atoms with E-state index in [4.69, 9.17) is 9.47 Å². The molecule has 4 rings (SSSR count). The zero-order chi connectivity index (χ0) is 21.1.